The number of nitrogens with zero attached hydrogens (tertiary/aromatic N) is 3. The first-order valence-electron chi connectivity index (χ1n) is 13.6. The van der Waals surface area contributed by atoms with Gasteiger partial charge in [-0.05, 0) is 0 Å². The van der Waals surface area contributed by atoms with E-state index in [1.807, 2.05) is 14.1 Å². The third-order valence-electron chi connectivity index (χ3n) is 7.48. The van der Waals surface area contributed by atoms with Crippen LogP contribution in [0.15, 0.2) is 42.6 Å². The van der Waals surface area contributed by atoms with Crippen molar-refractivity contribution in [2.75, 3.05) is 14.1 Å². The molecule has 0 aliphatic carbocycles. The van der Waals surface area contributed by atoms with Crippen molar-refractivity contribution in [3.8, 4) is 11.3 Å². The predicted molar refractivity (Wildman–Crippen MR) is 152 cm³/mol. The van der Waals surface area contributed by atoms with Crippen molar-refractivity contribution < 1.29 is 4.79 Å². The molecule has 35 heavy (non-hydrogen) atoms. The fraction of sp³-hybridized carbons (Fsp3) is 0.533. The maximum absolute atomic E-state index is 12.7. The monoisotopic (exact) mass is 583 g/mol. The number of rotatable bonds is 13. The van der Waals surface area contributed by atoms with Gasteiger partial charge in [-0.25, -0.2) is 0 Å². The molecule has 0 N–H and O–H groups in total. The van der Waals surface area contributed by atoms with E-state index in [4.69, 9.17) is 4.98 Å². The molecule has 2 heterocycles. The predicted octanol–water partition coefficient (Wildman–Crippen LogP) is 7.00. The Morgan fingerprint density at radius 1 is 0.886 bits per heavy atom. The molecule has 0 atom stereocenters. The topological polar surface area (TPSA) is 37.6 Å². The minimum atomic E-state index is -2.46. The molecular formula is C30H45N3OSn. The molecule has 3 aromatic rings. The summed E-state index contributed by atoms with van der Waals surface area (Å²) in [6, 6.07) is 13.6. The first-order chi connectivity index (χ1) is 16.8. The second-order valence-electron chi connectivity index (χ2n) is 10.5. The number of aryl methyl sites for hydroxylation is 1. The van der Waals surface area contributed by atoms with Crippen LogP contribution >= 0.6 is 0 Å². The van der Waals surface area contributed by atoms with E-state index >= 15 is 0 Å². The van der Waals surface area contributed by atoms with Crippen molar-refractivity contribution in [1.82, 2.24) is 14.3 Å². The molecule has 4 nitrogen and oxygen atoms in total. The summed E-state index contributed by atoms with van der Waals surface area (Å²) in [5, 5.41) is 0. The van der Waals surface area contributed by atoms with E-state index in [-0.39, 0.29) is 5.91 Å². The van der Waals surface area contributed by atoms with Crippen LogP contribution in [0.5, 0.6) is 0 Å². The number of carbonyl (C=O) groups is 1. The Bertz CT molecular complexity index is 1080. The number of pyridine rings is 1. The number of amides is 1. The third kappa shape index (κ3) is 6.69. The molecule has 0 fully saturated rings. The SMILES string of the molecule is CCC[CH2][Sn]([CH2]CCC)([CH2]CCC)[c]1ccc(-c2nc3ccc(C)cn3c2CC(=O)N(C)C)cc1. The molecule has 0 radical (unpaired) electrons. The molecular weight excluding hydrogens is 537 g/mol. The van der Waals surface area contributed by atoms with Crippen LogP contribution in [0.2, 0.25) is 13.3 Å². The van der Waals surface area contributed by atoms with Gasteiger partial charge in [-0.1, -0.05) is 0 Å². The van der Waals surface area contributed by atoms with Crippen molar-refractivity contribution in [2.45, 2.75) is 86.0 Å². The molecule has 0 saturated heterocycles. The van der Waals surface area contributed by atoms with Gasteiger partial charge in [0, 0.05) is 0 Å². The normalized spacial score (nSPS) is 11.8. The maximum atomic E-state index is 12.7. The summed E-state index contributed by atoms with van der Waals surface area (Å²) in [6.45, 7) is 9.09. The number of likely N-dealkylation sites (N-methyl/N-ethyl adjacent to an activating group) is 1. The zero-order valence-corrected chi connectivity index (χ0v) is 25.7. The van der Waals surface area contributed by atoms with Gasteiger partial charge >= 0.3 is 218 Å². The number of imidazole rings is 1. The van der Waals surface area contributed by atoms with Gasteiger partial charge in [0.2, 0.25) is 0 Å². The molecule has 5 heteroatoms. The summed E-state index contributed by atoms with van der Waals surface area (Å²) in [6.07, 6.45) is 10.4. The van der Waals surface area contributed by atoms with Gasteiger partial charge in [0.15, 0.2) is 0 Å². The van der Waals surface area contributed by atoms with Crippen molar-refractivity contribution >= 4 is 33.5 Å². The van der Waals surface area contributed by atoms with Gasteiger partial charge in [-0.15, -0.1) is 0 Å². The number of fused-ring (bicyclic) bond motifs is 1. The molecule has 0 bridgehead atoms. The zero-order chi connectivity index (χ0) is 25.4. The Labute approximate surface area is 217 Å². The van der Waals surface area contributed by atoms with Crippen LogP contribution in [0.1, 0.15) is 70.6 Å². The molecule has 190 valence electrons. The molecule has 1 amide bonds. The van der Waals surface area contributed by atoms with E-state index in [1.165, 1.54) is 51.8 Å². The average Bonchev–Trinajstić information content (AvgIpc) is 3.21. The van der Waals surface area contributed by atoms with Crippen LogP contribution < -0.4 is 3.58 Å². The number of carbonyl (C=O) groups excluding carboxylic acids is 1. The minimum absolute atomic E-state index is 0.0973. The molecule has 0 unspecified atom stereocenters. The molecule has 2 aromatic heterocycles. The average molecular weight is 582 g/mol. The van der Waals surface area contributed by atoms with Crippen LogP contribution in [-0.4, -0.2) is 52.7 Å². The van der Waals surface area contributed by atoms with Gasteiger partial charge in [-0.2, -0.15) is 0 Å². The van der Waals surface area contributed by atoms with Crippen LogP contribution in [0.4, 0.5) is 0 Å². The second kappa shape index (κ2) is 12.9. The number of aromatic nitrogens is 2. The van der Waals surface area contributed by atoms with Gasteiger partial charge in [0.25, 0.3) is 0 Å². The Morgan fingerprint density at radius 3 is 1.97 bits per heavy atom. The fourth-order valence-corrected chi connectivity index (χ4v) is 21.2. The summed E-state index contributed by atoms with van der Waals surface area (Å²) in [7, 11) is 3.64. The van der Waals surface area contributed by atoms with E-state index in [2.05, 4.69) is 74.7 Å². The number of benzene rings is 1. The van der Waals surface area contributed by atoms with Crippen LogP contribution in [-0.2, 0) is 11.2 Å². The van der Waals surface area contributed by atoms with Crippen molar-refractivity contribution in [3.63, 3.8) is 0 Å². The number of hydrogen-bond donors (Lipinski definition) is 0. The summed E-state index contributed by atoms with van der Waals surface area (Å²) in [4.78, 5) is 19.4. The van der Waals surface area contributed by atoms with Crippen molar-refractivity contribution in [3.05, 3.63) is 53.9 Å². The summed E-state index contributed by atoms with van der Waals surface area (Å²) < 4.78 is 8.21. The van der Waals surface area contributed by atoms with E-state index in [9.17, 15) is 4.79 Å². The van der Waals surface area contributed by atoms with Gasteiger partial charge < -0.3 is 0 Å². The fourth-order valence-electron chi connectivity index (χ4n) is 5.24. The van der Waals surface area contributed by atoms with Crippen molar-refractivity contribution in [1.29, 1.82) is 0 Å². The van der Waals surface area contributed by atoms with E-state index in [0.29, 0.717) is 6.42 Å². The summed E-state index contributed by atoms with van der Waals surface area (Å²) in [5.74, 6) is 0.0973. The zero-order valence-electron chi connectivity index (χ0n) is 22.9. The number of unbranched alkanes of at least 4 members (excludes halogenated alkanes) is 3. The Balaban J connectivity index is 2.05. The van der Waals surface area contributed by atoms with Crippen LogP contribution in [0, 0.1) is 6.92 Å². The summed E-state index contributed by atoms with van der Waals surface area (Å²) in [5.41, 5.74) is 5.11. The third-order valence-corrected chi connectivity index (χ3v) is 23.1. The Kier molecular flexibility index (Phi) is 10.3. The van der Waals surface area contributed by atoms with E-state index in [1.54, 1.807) is 8.48 Å². The Hall–Kier alpha value is -1.82. The van der Waals surface area contributed by atoms with Gasteiger partial charge in [-0.3, -0.25) is 0 Å². The van der Waals surface area contributed by atoms with Crippen LogP contribution in [0.3, 0.4) is 0 Å². The molecule has 0 saturated carbocycles. The first kappa shape index (κ1) is 27.8. The quantitative estimate of drug-likeness (QED) is 0.204. The van der Waals surface area contributed by atoms with Gasteiger partial charge in [0.1, 0.15) is 0 Å². The van der Waals surface area contributed by atoms with Crippen molar-refractivity contribution in [2.24, 2.45) is 0 Å². The molecule has 0 spiro atoms. The summed E-state index contributed by atoms with van der Waals surface area (Å²) >= 11 is -2.46. The molecule has 3 rings (SSSR count). The van der Waals surface area contributed by atoms with Crippen LogP contribution in [0.25, 0.3) is 16.9 Å². The van der Waals surface area contributed by atoms with E-state index in [0.717, 1.165) is 28.2 Å². The Morgan fingerprint density at radius 2 is 1.46 bits per heavy atom. The molecule has 1 aromatic carbocycles. The van der Waals surface area contributed by atoms with E-state index < -0.39 is 18.4 Å². The molecule has 0 aliphatic heterocycles. The standard InChI is InChI=1S/C18H18N3O.3C4H9.Sn/c1-13-9-10-16-19-18(14-7-5-4-6-8-14)15(21(16)12-13)11-17(22)20(2)3;3*1-3-4-2;/h5-10,12H,11H2,1-3H3;3*1,3-4H2,2H3;. The molecule has 0 aliphatic rings. The second-order valence-corrected chi connectivity index (χ2v) is 23.7. The van der Waals surface area contributed by atoms with Gasteiger partial charge in [0.05, 0.1) is 0 Å². The first-order valence-corrected chi connectivity index (χ1v) is 21.1. The number of hydrogen-bond acceptors (Lipinski definition) is 2.